The smallest absolute Gasteiger partial charge is 0.0924 e. The van der Waals surface area contributed by atoms with Gasteiger partial charge in [0.25, 0.3) is 0 Å². The minimum atomic E-state index is -0.117. The Morgan fingerprint density at radius 3 is 2.75 bits per heavy atom. The molecule has 2 N–H and O–H groups in total. The Bertz CT molecular complexity index is 502. The van der Waals surface area contributed by atoms with Crippen LogP contribution < -0.4 is 5.73 Å². The Morgan fingerprint density at radius 2 is 2.10 bits per heavy atom. The zero-order valence-corrected chi connectivity index (χ0v) is 12.7. The molecule has 2 saturated heterocycles. The first-order chi connectivity index (χ1) is 9.45. The minimum absolute atomic E-state index is 0.0294. The zero-order valence-electron chi connectivity index (χ0n) is 12.7. The molecule has 2 bridgehead atoms. The van der Waals surface area contributed by atoms with Gasteiger partial charge in [-0.25, -0.2) is 0 Å². The summed E-state index contributed by atoms with van der Waals surface area (Å²) in [4.78, 5) is 0. The quantitative estimate of drug-likeness (QED) is 0.855. The third-order valence-electron chi connectivity index (χ3n) is 5.24. The van der Waals surface area contributed by atoms with Crippen LogP contribution in [0.2, 0.25) is 0 Å². The van der Waals surface area contributed by atoms with Crippen LogP contribution in [0.15, 0.2) is 24.3 Å². The Kier molecular flexibility index (Phi) is 3.30. The van der Waals surface area contributed by atoms with Crippen molar-refractivity contribution in [3.63, 3.8) is 0 Å². The van der Waals surface area contributed by atoms with Crippen molar-refractivity contribution < 1.29 is 9.47 Å². The maximum atomic E-state index is 6.38. The average molecular weight is 275 g/mol. The van der Waals surface area contributed by atoms with Gasteiger partial charge in [0.15, 0.2) is 0 Å². The van der Waals surface area contributed by atoms with E-state index in [1.807, 2.05) is 24.3 Å². The number of ether oxygens (including phenoxy) is 2. The highest BCUT2D eigenvalue weighted by Gasteiger charge is 2.60. The molecule has 0 aliphatic carbocycles. The lowest BCUT2D eigenvalue weighted by Gasteiger charge is -2.31. The first-order valence-electron chi connectivity index (χ1n) is 7.60. The molecule has 2 fully saturated rings. The second kappa shape index (κ2) is 4.74. The molecule has 3 nitrogen and oxygen atoms in total. The van der Waals surface area contributed by atoms with E-state index in [1.54, 1.807) is 0 Å². The number of hydrogen-bond donors (Lipinski definition) is 1. The van der Waals surface area contributed by atoms with Crippen molar-refractivity contribution in [3.8, 4) is 0 Å². The van der Waals surface area contributed by atoms with E-state index in [1.165, 1.54) is 0 Å². The summed E-state index contributed by atoms with van der Waals surface area (Å²) in [5, 5.41) is 0. The van der Waals surface area contributed by atoms with E-state index in [9.17, 15) is 0 Å². The van der Waals surface area contributed by atoms with E-state index in [0.29, 0.717) is 12.5 Å². The van der Waals surface area contributed by atoms with Gasteiger partial charge in [-0.05, 0) is 31.7 Å². The van der Waals surface area contributed by atoms with E-state index < -0.39 is 0 Å². The molecule has 3 atom stereocenters. The van der Waals surface area contributed by atoms with Crippen molar-refractivity contribution in [3.05, 3.63) is 29.8 Å². The third-order valence-corrected chi connectivity index (χ3v) is 5.24. The maximum absolute atomic E-state index is 6.38. The number of nitrogens with two attached hydrogens (primary N) is 1. The lowest BCUT2D eigenvalue weighted by Crippen LogP contribution is -2.38. The fourth-order valence-corrected chi connectivity index (χ4v) is 3.66. The van der Waals surface area contributed by atoms with Crippen LogP contribution in [0.25, 0.3) is 0 Å². The van der Waals surface area contributed by atoms with Gasteiger partial charge in [0, 0.05) is 17.7 Å². The van der Waals surface area contributed by atoms with Crippen LogP contribution in [0.1, 0.15) is 45.6 Å². The molecule has 3 rings (SSSR count). The van der Waals surface area contributed by atoms with Crippen LogP contribution in [0.4, 0.5) is 5.69 Å². The predicted octanol–water partition coefficient (Wildman–Crippen LogP) is 3.52. The standard InChI is InChI=1S/C17H25NO2/c1-12(2)17-9-8-16(3,20-17)15(10-17)19-11-13-6-4-5-7-14(13)18/h4-7,12,15H,8-11,18H2,1-3H3. The van der Waals surface area contributed by atoms with Gasteiger partial charge in [-0.2, -0.15) is 0 Å². The SMILES string of the molecule is CC(C)C12CCC(C)(O1)C(OCc1ccccc1N)C2. The van der Waals surface area contributed by atoms with E-state index in [2.05, 4.69) is 20.8 Å². The number of fused-ring (bicyclic) bond motifs is 2. The summed E-state index contributed by atoms with van der Waals surface area (Å²) >= 11 is 0. The molecule has 0 aromatic heterocycles. The van der Waals surface area contributed by atoms with Gasteiger partial charge in [0.2, 0.25) is 0 Å². The Morgan fingerprint density at radius 1 is 1.35 bits per heavy atom. The van der Waals surface area contributed by atoms with Gasteiger partial charge >= 0.3 is 0 Å². The fraction of sp³-hybridized carbons (Fsp3) is 0.647. The number of para-hydroxylation sites is 1. The summed E-state index contributed by atoms with van der Waals surface area (Å²) in [6.07, 6.45) is 3.45. The monoisotopic (exact) mass is 275 g/mol. The van der Waals surface area contributed by atoms with Crippen LogP contribution in [0, 0.1) is 5.92 Å². The number of nitrogen functional groups attached to an aromatic ring is 1. The Labute approximate surface area is 121 Å². The van der Waals surface area contributed by atoms with Gasteiger partial charge in [0.05, 0.1) is 23.9 Å². The number of hydrogen-bond acceptors (Lipinski definition) is 3. The molecule has 110 valence electrons. The molecule has 0 radical (unpaired) electrons. The van der Waals surface area contributed by atoms with Gasteiger partial charge in [-0.1, -0.05) is 32.0 Å². The van der Waals surface area contributed by atoms with Crippen molar-refractivity contribution in [1.29, 1.82) is 0 Å². The van der Waals surface area contributed by atoms with E-state index in [0.717, 1.165) is 30.5 Å². The summed E-state index contributed by atoms with van der Waals surface area (Å²) in [5.74, 6) is 0.541. The van der Waals surface area contributed by atoms with Crippen LogP contribution in [-0.4, -0.2) is 17.3 Å². The highest BCUT2D eigenvalue weighted by Crippen LogP contribution is 2.55. The number of benzene rings is 1. The fourth-order valence-electron chi connectivity index (χ4n) is 3.66. The molecule has 1 aromatic carbocycles. The van der Waals surface area contributed by atoms with E-state index in [4.69, 9.17) is 15.2 Å². The summed E-state index contributed by atoms with van der Waals surface area (Å²) in [6.45, 7) is 7.28. The molecule has 0 amide bonds. The molecular formula is C17H25NO2. The van der Waals surface area contributed by atoms with Gasteiger partial charge < -0.3 is 15.2 Å². The minimum Gasteiger partial charge on any atom is -0.398 e. The van der Waals surface area contributed by atoms with Gasteiger partial charge in [-0.15, -0.1) is 0 Å². The normalized spacial score (nSPS) is 35.9. The van der Waals surface area contributed by atoms with Gasteiger partial charge in [-0.3, -0.25) is 0 Å². The van der Waals surface area contributed by atoms with Crippen molar-refractivity contribution in [2.75, 3.05) is 5.73 Å². The number of anilines is 1. The van der Waals surface area contributed by atoms with Crippen molar-refractivity contribution in [1.82, 2.24) is 0 Å². The molecule has 2 heterocycles. The average Bonchev–Trinajstić information content (AvgIpc) is 2.90. The predicted molar refractivity (Wildman–Crippen MR) is 80.3 cm³/mol. The summed E-state index contributed by atoms with van der Waals surface area (Å²) in [6, 6.07) is 7.91. The third kappa shape index (κ3) is 2.13. The van der Waals surface area contributed by atoms with Gasteiger partial charge in [0.1, 0.15) is 0 Å². The van der Waals surface area contributed by atoms with Crippen LogP contribution >= 0.6 is 0 Å². The van der Waals surface area contributed by atoms with Crippen molar-refractivity contribution in [2.24, 2.45) is 5.92 Å². The molecule has 3 unspecified atom stereocenters. The van der Waals surface area contributed by atoms with Crippen molar-refractivity contribution >= 4 is 5.69 Å². The lowest BCUT2D eigenvalue weighted by atomic mass is 9.75. The zero-order chi connectivity index (χ0) is 14.4. The van der Waals surface area contributed by atoms with E-state index in [-0.39, 0.29) is 17.3 Å². The molecule has 2 aliphatic rings. The Hall–Kier alpha value is -1.06. The molecule has 1 aromatic rings. The lowest BCUT2D eigenvalue weighted by molar-refractivity contribution is -0.0959. The molecule has 0 spiro atoms. The number of rotatable bonds is 4. The van der Waals surface area contributed by atoms with Crippen molar-refractivity contribution in [2.45, 2.75) is 63.9 Å². The molecule has 3 heteroatoms. The first-order valence-corrected chi connectivity index (χ1v) is 7.60. The summed E-state index contributed by atoms with van der Waals surface area (Å²) in [7, 11) is 0. The highest BCUT2D eigenvalue weighted by atomic mass is 16.6. The largest absolute Gasteiger partial charge is 0.398 e. The molecule has 0 saturated carbocycles. The van der Waals surface area contributed by atoms with Crippen LogP contribution in [0.3, 0.4) is 0 Å². The van der Waals surface area contributed by atoms with Crippen LogP contribution in [0.5, 0.6) is 0 Å². The topological polar surface area (TPSA) is 44.5 Å². The second-order valence-corrected chi connectivity index (χ2v) is 6.84. The Balaban J connectivity index is 1.69. The molecule has 20 heavy (non-hydrogen) atoms. The summed E-state index contributed by atoms with van der Waals surface area (Å²) in [5.41, 5.74) is 7.76. The van der Waals surface area contributed by atoms with E-state index >= 15 is 0 Å². The molecule has 2 aliphatic heterocycles. The first kappa shape index (κ1) is 13.9. The van der Waals surface area contributed by atoms with Crippen LogP contribution in [-0.2, 0) is 16.1 Å². The highest BCUT2D eigenvalue weighted by molar-refractivity contribution is 5.45. The summed E-state index contributed by atoms with van der Waals surface area (Å²) < 4.78 is 12.6. The second-order valence-electron chi connectivity index (χ2n) is 6.84. The molecular weight excluding hydrogens is 250 g/mol. The maximum Gasteiger partial charge on any atom is 0.0924 e.